The Morgan fingerprint density at radius 2 is 2.23 bits per heavy atom. The van der Waals surface area contributed by atoms with Crippen molar-refractivity contribution < 1.29 is 4.79 Å². The molecule has 13 heavy (non-hydrogen) atoms. The van der Waals surface area contributed by atoms with E-state index in [1.54, 1.807) is 6.07 Å². The Morgan fingerprint density at radius 1 is 1.54 bits per heavy atom. The van der Waals surface area contributed by atoms with E-state index in [9.17, 15) is 4.79 Å². The highest BCUT2D eigenvalue weighted by atomic mass is 16.2. The summed E-state index contributed by atoms with van der Waals surface area (Å²) in [6.07, 6.45) is 0.843. The molecule has 0 aliphatic rings. The van der Waals surface area contributed by atoms with Gasteiger partial charge in [-0.15, -0.1) is 0 Å². The molecule has 0 atom stereocenters. The van der Waals surface area contributed by atoms with E-state index >= 15 is 0 Å². The largest absolute Gasteiger partial charge is 0.290 e. The minimum atomic E-state index is -0.222. The number of carbonyl (C=O) groups is 1. The maximum atomic E-state index is 11.3. The minimum absolute atomic E-state index is 0.222. The Balaban J connectivity index is 3.20. The van der Waals surface area contributed by atoms with Crippen LogP contribution in [0.1, 0.15) is 28.4 Å². The second kappa shape index (κ2) is 4.05. The number of nitrogen functional groups attached to an aromatic ring is 1. The van der Waals surface area contributed by atoms with Gasteiger partial charge in [0.15, 0.2) is 0 Å². The van der Waals surface area contributed by atoms with E-state index in [0.717, 1.165) is 17.5 Å². The summed E-state index contributed by atoms with van der Waals surface area (Å²) in [5.41, 5.74) is 5.00. The number of hydrogen-bond acceptors (Lipinski definition) is 2. The van der Waals surface area contributed by atoms with Gasteiger partial charge in [0.05, 0.1) is 0 Å². The van der Waals surface area contributed by atoms with Gasteiger partial charge >= 0.3 is 0 Å². The summed E-state index contributed by atoms with van der Waals surface area (Å²) < 4.78 is 0. The quantitative estimate of drug-likeness (QED) is 0.405. The number of nitrogens with two attached hydrogens (primary N) is 1. The van der Waals surface area contributed by atoms with Crippen molar-refractivity contribution in [1.29, 1.82) is 0 Å². The standard InChI is InChI=1S/C10H14N2O/c1-3-8-7(2)5-4-6-9(8)10(13)12-11/h4-6H,3,11H2,1-2H3,(H,12,13). The highest BCUT2D eigenvalue weighted by molar-refractivity contribution is 5.95. The second-order valence-electron chi connectivity index (χ2n) is 2.93. The van der Waals surface area contributed by atoms with Gasteiger partial charge in [0.1, 0.15) is 0 Å². The van der Waals surface area contributed by atoms with Crippen LogP contribution in [0.2, 0.25) is 0 Å². The van der Waals surface area contributed by atoms with Gasteiger partial charge in [-0.1, -0.05) is 19.1 Å². The van der Waals surface area contributed by atoms with E-state index in [-0.39, 0.29) is 5.91 Å². The number of hydrazine groups is 1. The van der Waals surface area contributed by atoms with Crippen LogP contribution in [0, 0.1) is 6.92 Å². The third-order valence-electron chi connectivity index (χ3n) is 2.14. The van der Waals surface area contributed by atoms with Gasteiger partial charge in [0.2, 0.25) is 0 Å². The van der Waals surface area contributed by atoms with Gasteiger partial charge < -0.3 is 0 Å². The Kier molecular flexibility index (Phi) is 3.03. The fourth-order valence-corrected chi connectivity index (χ4v) is 1.46. The maximum Gasteiger partial charge on any atom is 0.265 e. The normalized spacial score (nSPS) is 9.77. The van der Waals surface area contributed by atoms with Crippen molar-refractivity contribution in [3.8, 4) is 0 Å². The first-order valence-corrected chi connectivity index (χ1v) is 4.30. The molecule has 0 heterocycles. The van der Waals surface area contributed by atoms with Crippen LogP contribution in [0.25, 0.3) is 0 Å². The summed E-state index contributed by atoms with van der Waals surface area (Å²) in [5.74, 6) is 4.86. The molecule has 3 nitrogen and oxygen atoms in total. The third-order valence-corrected chi connectivity index (χ3v) is 2.14. The summed E-state index contributed by atoms with van der Waals surface area (Å²) in [7, 11) is 0. The maximum absolute atomic E-state index is 11.3. The first-order valence-electron chi connectivity index (χ1n) is 4.30. The van der Waals surface area contributed by atoms with E-state index in [1.165, 1.54) is 0 Å². The summed E-state index contributed by atoms with van der Waals surface area (Å²) in [6, 6.07) is 5.64. The van der Waals surface area contributed by atoms with Crippen LogP contribution in [0.15, 0.2) is 18.2 Å². The SMILES string of the molecule is CCc1c(C)cccc1C(=O)NN. The zero-order valence-electron chi connectivity index (χ0n) is 7.92. The number of hydrogen-bond donors (Lipinski definition) is 2. The lowest BCUT2D eigenvalue weighted by Crippen LogP contribution is -2.30. The van der Waals surface area contributed by atoms with Gasteiger partial charge in [-0.2, -0.15) is 0 Å². The Bertz CT molecular complexity index is 321. The fourth-order valence-electron chi connectivity index (χ4n) is 1.46. The lowest BCUT2D eigenvalue weighted by Gasteiger charge is -2.08. The molecule has 0 aliphatic carbocycles. The average molecular weight is 178 g/mol. The highest BCUT2D eigenvalue weighted by Gasteiger charge is 2.09. The summed E-state index contributed by atoms with van der Waals surface area (Å²) in [6.45, 7) is 4.02. The van der Waals surface area contributed by atoms with Crippen LogP contribution < -0.4 is 11.3 Å². The van der Waals surface area contributed by atoms with Crippen molar-refractivity contribution in [1.82, 2.24) is 5.43 Å². The van der Waals surface area contributed by atoms with E-state index in [0.29, 0.717) is 5.56 Å². The molecule has 3 N–H and O–H groups in total. The third kappa shape index (κ3) is 1.87. The zero-order chi connectivity index (χ0) is 9.84. The van der Waals surface area contributed by atoms with Gasteiger partial charge in [0, 0.05) is 5.56 Å². The summed E-state index contributed by atoms with van der Waals surface area (Å²) in [5, 5.41) is 0. The van der Waals surface area contributed by atoms with Crippen molar-refractivity contribution in [2.45, 2.75) is 20.3 Å². The van der Waals surface area contributed by atoms with Gasteiger partial charge in [-0.3, -0.25) is 10.2 Å². The number of benzene rings is 1. The summed E-state index contributed by atoms with van der Waals surface area (Å²) in [4.78, 5) is 11.3. The monoisotopic (exact) mass is 178 g/mol. The molecular formula is C10H14N2O. The Morgan fingerprint density at radius 3 is 2.77 bits per heavy atom. The average Bonchev–Trinajstić information content (AvgIpc) is 2.16. The molecule has 1 aromatic rings. The predicted molar refractivity (Wildman–Crippen MR) is 52.2 cm³/mol. The number of amides is 1. The molecule has 0 aliphatic heterocycles. The molecule has 0 saturated heterocycles. The predicted octanol–water partition coefficient (Wildman–Crippen LogP) is 1.16. The van der Waals surface area contributed by atoms with Gasteiger partial charge in [-0.05, 0) is 30.5 Å². The topological polar surface area (TPSA) is 55.1 Å². The fraction of sp³-hybridized carbons (Fsp3) is 0.300. The molecule has 1 rings (SSSR count). The molecule has 0 saturated carbocycles. The highest BCUT2D eigenvalue weighted by Crippen LogP contribution is 2.14. The molecule has 0 bridgehead atoms. The van der Waals surface area contributed by atoms with Crippen LogP contribution in [-0.2, 0) is 6.42 Å². The first kappa shape index (κ1) is 9.74. The molecule has 3 heteroatoms. The van der Waals surface area contributed by atoms with Crippen LogP contribution in [0.3, 0.4) is 0 Å². The molecule has 0 fully saturated rings. The molecule has 0 aromatic heterocycles. The van der Waals surface area contributed by atoms with Crippen molar-refractivity contribution in [3.05, 3.63) is 34.9 Å². The Hall–Kier alpha value is -1.35. The number of carbonyl (C=O) groups excluding carboxylic acids is 1. The zero-order valence-corrected chi connectivity index (χ0v) is 7.92. The summed E-state index contributed by atoms with van der Waals surface area (Å²) >= 11 is 0. The number of nitrogens with one attached hydrogen (secondary N) is 1. The molecule has 1 aromatic carbocycles. The molecule has 1 amide bonds. The van der Waals surface area contributed by atoms with Crippen molar-refractivity contribution in [2.24, 2.45) is 5.84 Å². The molecule has 0 unspecified atom stereocenters. The van der Waals surface area contributed by atoms with Crippen molar-refractivity contribution >= 4 is 5.91 Å². The van der Waals surface area contributed by atoms with Crippen molar-refractivity contribution in [3.63, 3.8) is 0 Å². The molecule has 0 radical (unpaired) electrons. The number of rotatable bonds is 2. The second-order valence-corrected chi connectivity index (χ2v) is 2.93. The molecule has 0 spiro atoms. The lowest BCUT2D eigenvalue weighted by atomic mass is 9.99. The van der Waals surface area contributed by atoms with Crippen LogP contribution >= 0.6 is 0 Å². The lowest BCUT2D eigenvalue weighted by molar-refractivity contribution is 0.0952. The van der Waals surface area contributed by atoms with Crippen LogP contribution in [0.4, 0.5) is 0 Å². The van der Waals surface area contributed by atoms with Crippen LogP contribution in [0.5, 0.6) is 0 Å². The smallest absolute Gasteiger partial charge is 0.265 e. The van der Waals surface area contributed by atoms with E-state index in [4.69, 9.17) is 5.84 Å². The Labute approximate surface area is 77.9 Å². The molecule has 70 valence electrons. The van der Waals surface area contributed by atoms with Crippen molar-refractivity contribution in [2.75, 3.05) is 0 Å². The van der Waals surface area contributed by atoms with E-state index < -0.39 is 0 Å². The van der Waals surface area contributed by atoms with E-state index in [2.05, 4.69) is 5.43 Å². The minimum Gasteiger partial charge on any atom is -0.290 e. The van der Waals surface area contributed by atoms with E-state index in [1.807, 2.05) is 26.0 Å². The first-order chi connectivity index (χ1) is 6.20. The van der Waals surface area contributed by atoms with Gasteiger partial charge in [-0.25, -0.2) is 5.84 Å². The van der Waals surface area contributed by atoms with Crippen LogP contribution in [-0.4, -0.2) is 5.91 Å². The number of aryl methyl sites for hydroxylation is 1. The van der Waals surface area contributed by atoms with Gasteiger partial charge in [0.25, 0.3) is 5.91 Å². The molecular weight excluding hydrogens is 164 g/mol.